The number of hydrogen-bond donors (Lipinski definition) is 7. The first-order valence-corrected chi connectivity index (χ1v) is 30.2. The number of hydrogen-bond acceptors (Lipinski definition) is 14. The van der Waals surface area contributed by atoms with Crippen molar-refractivity contribution < 1.29 is 69.0 Å². The van der Waals surface area contributed by atoms with Crippen LogP contribution in [0, 0.1) is 0 Å². The molecule has 11 atom stereocenters. The Bertz CT molecular complexity index is 1590. The van der Waals surface area contributed by atoms with E-state index in [-0.39, 0.29) is 19.6 Å². The molecule has 2 saturated heterocycles. The van der Waals surface area contributed by atoms with Crippen LogP contribution >= 0.6 is 0 Å². The number of aliphatic hydroxyl groups excluding tert-OH is 7. The molecule has 2 aliphatic rings. The van der Waals surface area contributed by atoms with E-state index in [0.717, 1.165) is 83.5 Å². The largest absolute Gasteiger partial charge is 0.457 e. The zero-order valence-corrected chi connectivity index (χ0v) is 47.7. The Labute approximate surface area is 465 Å². The predicted octanol–water partition coefficient (Wildman–Crippen LogP) is 11.2. The summed E-state index contributed by atoms with van der Waals surface area (Å²) in [6.07, 6.45) is 47.9. The van der Waals surface area contributed by atoms with Gasteiger partial charge in [0.15, 0.2) is 12.6 Å². The third kappa shape index (κ3) is 35.5. The molecular weight excluding hydrogens is 981 g/mol. The molecule has 11 unspecified atom stereocenters. The van der Waals surface area contributed by atoms with E-state index in [9.17, 15) is 40.5 Å². The quantitative estimate of drug-likeness (QED) is 0.0172. The lowest BCUT2D eigenvalue weighted by atomic mass is 9.98. The minimum absolute atomic E-state index is 0.0339. The molecule has 444 valence electrons. The highest BCUT2D eigenvalue weighted by molar-refractivity contribution is 5.69. The molecule has 0 radical (unpaired) electrons. The topological polar surface area (TPSA) is 214 Å². The van der Waals surface area contributed by atoms with E-state index < -0.39 is 86.7 Å². The van der Waals surface area contributed by atoms with Crippen LogP contribution in [0.15, 0.2) is 85.1 Å². The first kappa shape index (κ1) is 70.3. The molecule has 0 amide bonds. The van der Waals surface area contributed by atoms with Crippen LogP contribution in [0.1, 0.15) is 206 Å². The van der Waals surface area contributed by atoms with Gasteiger partial charge in [-0.2, -0.15) is 0 Å². The average molecular weight is 1090 g/mol. The van der Waals surface area contributed by atoms with Crippen molar-refractivity contribution in [2.75, 3.05) is 33.0 Å². The van der Waals surface area contributed by atoms with Crippen molar-refractivity contribution in [3.63, 3.8) is 0 Å². The standard InChI is InChI=1S/C63H108O14/c1-3-5-7-9-11-13-15-17-19-21-23-25-27-29-31-33-35-37-39-41-43-45-47-72-49-52(50-73-62-61(71)59(69)57(67)54(77-62)51-74-63-60(70)58(68)56(66)53(48-64)76-63)75-55(65)46-44-42-40-38-36-34-32-30-28-26-24-22-20-18-16-14-12-10-8-6-4-2/h5,7,11,13,17,19,22-25,29,31,35,37,52-54,56-64,66-71H,3-4,6,8-10,12,14-16,18,20-21,26-28,30,32-34,36,38-51H2,1-2H3/b7-5-,13-11-,19-17-,24-22-,25-23-,31-29-,37-35-. The molecule has 2 aliphatic heterocycles. The molecule has 0 aromatic rings. The monoisotopic (exact) mass is 1090 g/mol. The molecular formula is C63H108O14. The molecule has 0 saturated carbocycles. The van der Waals surface area contributed by atoms with Gasteiger partial charge in [-0.05, 0) is 89.9 Å². The van der Waals surface area contributed by atoms with Gasteiger partial charge in [0.1, 0.15) is 54.9 Å². The van der Waals surface area contributed by atoms with Gasteiger partial charge in [-0.25, -0.2) is 0 Å². The molecule has 2 rings (SSSR count). The number of allylic oxidation sites excluding steroid dienone is 14. The van der Waals surface area contributed by atoms with Crippen LogP contribution in [0.3, 0.4) is 0 Å². The number of aliphatic hydroxyl groups is 7. The number of carbonyl (C=O) groups excluding carboxylic acids is 1. The summed E-state index contributed by atoms with van der Waals surface area (Å²) in [6, 6.07) is 0. The van der Waals surface area contributed by atoms with Crippen LogP contribution in [0.5, 0.6) is 0 Å². The lowest BCUT2D eigenvalue weighted by molar-refractivity contribution is -0.332. The van der Waals surface area contributed by atoms with Crippen LogP contribution in [-0.4, -0.2) is 142 Å². The molecule has 0 aromatic heterocycles. The molecule has 0 aromatic carbocycles. The summed E-state index contributed by atoms with van der Waals surface area (Å²) in [5, 5.41) is 72.4. The van der Waals surface area contributed by atoms with Gasteiger partial charge in [0.2, 0.25) is 0 Å². The third-order valence-electron chi connectivity index (χ3n) is 13.9. The SMILES string of the molecule is CC/C=C\C/C=C\C/C=C\C/C=C\C/C=C\C/C=C\CCCCCOCC(COC1OC(COC2OC(CO)C(O)C(O)C2O)C(O)C(O)C1O)OC(=O)CCCCCCCCCCC/C=C\CCCCCCCCCC. The molecule has 14 nitrogen and oxygen atoms in total. The molecule has 0 bridgehead atoms. The summed E-state index contributed by atoms with van der Waals surface area (Å²) >= 11 is 0. The normalized spacial score (nSPS) is 24.9. The summed E-state index contributed by atoms with van der Waals surface area (Å²) in [5.74, 6) is -0.392. The second kappa shape index (κ2) is 49.0. The van der Waals surface area contributed by atoms with Crippen LogP contribution in [0.2, 0.25) is 0 Å². The maximum absolute atomic E-state index is 13.1. The van der Waals surface area contributed by atoms with Crippen molar-refractivity contribution in [3.05, 3.63) is 85.1 Å². The van der Waals surface area contributed by atoms with E-state index in [1.165, 1.54) is 96.3 Å². The van der Waals surface area contributed by atoms with Gasteiger partial charge in [-0.3, -0.25) is 4.79 Å². The first-order chi connectivity index (χ1) is 37.6. The fraction of sp³-hybridized carbons (Fsp3) is 0.762. The van der Waals surface area contributed by atoms with E-state index >= 15 is 0 Å². The van der Waals surface area contributed by atoms with Crippen molar-refractivity contribution in [2.24, 2.45) is 0 Å². The fourth-order valence-electron chi connectivity index (χ4n) is 9.05. The number of esters is 1. The van der Waals surface area contributed by atoms with Gasteiger partial charge in [0.25, 0.3) is 0 Å². The number of carbonyl (C=O) groups is 1. The van der Waals surface area contributed by atoms with Crippen LogP contribution in [-0.2, 0) is 33.2 Å². The molecule has 14 heteroatoms. The number of ether oxygens (including phenoxy) is 6. The highest BCUT2D eigenvalue weighted by Crippen LogP contribution is 2.26. The Kier molecular flexibility index (Phi) is 44.7. The minimum atomic E-state index is -1.72. The van der Waals surface area contributed by atoms with Gasteiger partial charge >= 0.3 is 5.97 Å². The number of rotatable bonds is 48. The predicted molar refractivity (Wildman–Crippen MR) is 307 cm³/mol. The van der Waals surface area contributed by atoms with Gasteiger partial charge < -0.3 is 64.2 Å². The van der Waals surface area contributed by atoms with Crippen LogP contribution < -0.4 is 0 Å². The Morgan fingerprint density at radius 3 is 1.34 bits per heavy atom. The Morgan fingerprint density at radius 1 is 0.442 bits per heavy atom. The molecule has 0 aliphatic carbocycles. The summed E-state index contributed by atoms with van der Waals surface area (Å²) in [4.78, 5) is 13.1. The lowest BCUT2D eigenvalue weighted by Gasteiger charge is -2.42. The summed E-state index contributed by atoms with van der Waals surface area (Å²) in [7, 11) is 0. The van der Waals surface area contributed by atoms with E-state index in [4.69, 9.17) is 28.4 Å². The highest BCUT2D eigenvalue weighted by atomic mass is 16.7. The zero-order valence-electron chi connectivity index (χ0n) is 47.7. The van der Waals surface area contributed by atoms with Gasteiger partial charge in [0, 0.05) is 13.0 Å². The van der Waals surface area contributed by atoms with E-state index in [1.807, 2.05) is 0 Å². The molecule has 77 heavy (non-hydrogen) atoms. The summed E-state index contributed by atoms with van der Waals surface area (Å²) < 4.78 is 34.4. The molecule has 0 spiro atoms. The van der Waals surface area contributed by atoms with Crippen molar-refractivity contribution >= 4 is 5.97 Å². The minimum Gasteiger partial charge on any atom is -0.457 e. The maximum Gasteiger partial charge on any atom is 0.306 e. The average Bonchev–Trinajstić information content (AvgIpc) is 3.43. The van der Waals surface area contributed by atoms with Crippen molar-refractivity contribution in [1.29, 1.82) is 0 Å². The van der Waals surface area contributed by atoms with E-state index in [2.05, 4.69) is 98.9 Å². The molecule has 2 fully saturated rings. The Morgan fingerprint density at radius 2 is 0.844 bits per heavy atom. The van der Waals surface area contributed by atoms with Gasteiger partial charge in [-0.1, -0.05) is 195 Å². The number of unbranched alkanes of at least 4 members (excludes halogenated alkanes) is 20. The smallest absolute Gasteiger partial charge is 0.306 e. The maximum atomic E-state index is 13.1. The Balaban J connectivity index is 1.73. The summed E-state index contributed by atoms with van der Waals surface area (Å²) in [5.41, 5.74) is 0. The lowest BCUT2D eigenvalue weighted by Crippen LogP contribution is -2.61. The van der Waals surface area contributed by atoms with Crippen LogP contribution in [0.25, 0.3) is 0 Å². The van der Waals surface area contributed by atoms with Crippen molar-refractivity contribution in [2.45, 2.75) is 274 Å². The van der Waals surface area contributed by atoms with Crippen molar-refractivity contribution in [3.8, 4) is 0 Å². The van der Waals surface area contributed by atoms with E-state index in [1.54, 1.807) is 0 Å². The van der Waals surface area contributed by atoms with Gasteiger partial charge in [-0.15, -0.1) is 0 Å². The van der Waals surface area contributed by atoms with Crippen molar-refractivity contribution in [1.82, 2.24) is 0 Å². The Hall–Kier alpha value is -2.83. The van der Waals surface area contributed by atoms with Crippen LogP contribution in [0.4, 0.5) is 0 Å². The third-order valence-corrected chi connectivity index (χ3v) is 13.9. The zero-order chi connectivity index (χ0) is 55.8. The molecule has 2 heterocycles. The highest BCUT2D eigenvalue weighted by Gasteiger charge is 2.47. The fourth-order valence-corrected chi connectivity index (χ4v) is 9.05. The second-order valence-electron chi connectivity index (χ2n) is 20.8. The second-order valence-corrected chi connectivity index (χ2v) is 20.8. The van der Waals surface area contributed by atoms with E-state index in [0.29, 0.717) is 13.0 Å². The molecule has 7 N–H and O–H groups in total. The summed E-state index contributed by atoms with van der Waals surface area (Å²) in [6.45, 7) is 3.49. The van der Waals surface area contributed by atoms with Gasteiger partial charge in [0.05, 0.1) is 26.4 Å². The first-order valence-electron chi connectivity index (χ1n) is 30.2.